The molecule has 10 nitrogen and oxygen atoms in total. The summed E-state index contributed by atoms with van der Waals surface area (Å²) >= 11 is 0. The Morgan fingerprint density at radius 2 is 2.10 bits per heavy atom. The Kier molecular flexibility index (Phi) is 6.39. The quantitative estimate of drug-likeness (QED) is 0.484. The van der Waals surface area contributed by atoms with E-state index in [1.807, 2.05) is 18.3 Å². The summed E-state index contributed by atoms with van der Waals surface area (Å²) in [6.07, 6.45) is 8.68. The molecule has 5 N–H and O–H groups in total. The van der Waals surface area contributed by atoms with Gasteiger partial charge in [0, 0.05) is 57.4 Å². The fraction of sp³-hybridized carbons (Fsp3) is 0.333. The van der Waals surface area contributed by atoms with Gasteiger partial charge in [0.1, 0.15) is 5.65 Å². The zero-order chi connectivity index (χ0) is 21.6. The average molecular weight is 422 g/mol. The number of nitrogen functional groups attached to an aromatic ring is 1. The molecule has 3 aromatic heterocycles. The minimum Gasteiger partial charge on any atom is -0.404 e. The Labute approximate surface area is 180 Å². The van der Waals surface area contributed by atoms with Gasteiger partial charge in [0.15, 0.2) is 11.6 Å². The summed E-state index contributed by atoms with van der Waals surface area (Å²) in [7, 11) is 1.67. The predicted molar refractivity (Wildman–Crippen MR) is 122 cm³/mol. The fourth-order valence-electron chi connectivity index (χ4n) is 3.47. The number of pyridine rings is 1. The van der Waals surface area contributed by atoms with Crippen molar-refractivity contribution in [2.75, 3.05) is 44.4 Å². The van der Waals surface area contributed by atoms with Crippen LogP contribution in [0.2, 0.25) is 0 Å². The van der Waals surface area contributed by atoms with Crippen LogP contribution >= 0.6 is 0 Å². The van der Waals surface area contributed by atoms with Crippen molar-refractivity contribution in [2.45, 2.75) is 13.1 Å². The number of allylic oxidation sites excluding steroid dienone is 1. The monoisotopic (exact) mass is 421 g/mol. The van der Waals surface area contributed by atoms with Gasteiger partial charge < -0.3 is 25.9 Å². The third-order valence-corrected chi connectivity index (χ3v) is 5.14. The van der Waals surface area contributed by atoms with Gasteiger partial charge in [-0.15, -0.1) is 0 Å². The number of nitrogens with two attached hydrogens (primary N) is 2. The normalized spacial score (nSPS) is 15.7. The van der Waals surface area contributed by atoms with Crippen LogP contribution in [0.25, 0.3) is 11.2 Å². The number of rotatable bonds is 7. The van der Waals surface area contributed by atoms with Crippen LogP contribution < -0.4 is 16.8 Å². The number of hydrogen-bond donors (Lipinski definition) is 3. The van der Waals surface area contributed by atoms with Crippen LogP contribution in [0, 0.1) is 0 Å². The highest BCUT2D eigenvalue weighted by Gasteiger charge is 2.14. The van der Waals surface area contributed by atoms with Gasteiger partial charge in [-0.2, -0.15) is 0 Å². The standard InChI is InChI=1S/C21H27N9O/c1-24-10-16(8-22)18-12-26-20(23)21(28-18)27-9-15-2-3-19-25-11-17(30(19)13-15)14-29-4-6-31-7-5-29/h2-3,8,10-13H,4-7,9,14,22H2,1H3,(H2,23,26)(H,27,28). The SMILES string of the molecule is CN=CC(=CN)c1cnc(N)c(NCc2ccc3ncc(CN4CCOCC4)n3c2)n1. The molecule has 1 aliphatic rings. The van der Waals surface area contributed by atoms with Crippen molar-refractivity contribution >= 4 is 29.1 Å². The van der Waals surface area contributed by atoms with Crippen molar-refractivity contribution in [1.29, 1.82) is 0 Å². The van der Waals surface area contributed by atoms with Gasteiger partial charge in [-0.1, -0.05) is 6.07 Å². The minimum atomic E-state index is 0.324. The number of imidazole rings is 1. The Morgan fingerprint density at radius 1 is 1.26 bits per heavy atom. The summed E-state index contributed by atoms with van der Waals surface area (Å²) in [6.45, 7) is 4.80. The highest BCUT2D eigenvalue weighted by atomic mass is 16.5. The third-order valence-electron chi connectivity index (χ3n) is 5.14. The maximum atomic E-state index is 6.02. The van der Waals surface area contributed by atoms with Crippen molar-refractivity contribution in [3.05, 3.63) is 53.9 Å². The molecule has 1 fully saturated rings. The first-order valence-corrected chi connectivity index (χ1v) is 10.1. The highest BCUT2D eigenvalue weighted by Crippen LogP contribution is 2.18. The summed E-state index contributed by atoms with van der Waals surface area (Å²) < 4.78 is 7.57. The van der Waals surface area contributed by atoms with Crippen LogP contribution in [-0.2, 0) is 17.8 Å². The summed E-state index contributed by atoms with van der Waals surface area (Å²) in [5.74, 6) is 0.825. The fourth-order valence-corrected chi connectivity index (χ4v) is 3.47. The average Bonchev–Trinajstić information content (AvgIpc) is 3.19. The second-order valence-electron chi connectivity index (χ2n) is 7.26. The number of anilines is 2. The van der Waals surface area contributed by atoms with Crippen LogP contribution in [0.15, 0.2) is 41.9 Å². The Hall–Kier alpha value is -3.50. The second kappa shape index (κ2) is 9.54. The van der Waals surface area contributed by atoms with E-state index in [1.165, 1.54) is 6.20 Å². The van der Waals surface area contributed by atoms with Crippen molar-refractivity contribution in [2.24, 2.45) is 10.7 Å². The van der Waals surface area contributed by atoms with Crippen LogP contribution in [0.4, 0.5) is 11.6 Å². The number of aromatic nitrogens is 4. The number of nitrogens with zero attached hydrogens (tertiary/aromatic N) is 6. The third kappa shape index (κ3) is 4.81. The summed E-state index contributed by atoms with van der Waals surface area (Å²) in [4.78, 5) is 19.7. The molecule has 0 aromatic carbocycles. The zero-order valence-corrected chi connectivity index (χ0v) is 17.5. The van der Waals surface area contributed by atoms with E-state index in [9.17, 15) is 0 Å². The lowest BCUT2D eigenvalue weighted by Crippen LogP contribution is -2.35. The van der Waals surface area contributed by atoms with E-state index in [0.29, 0.717) is 29.4 Å². The van der Waals surface area contributed by atoms with Gasteiger partial charge in [0.2, 0.25) is 0 Å². The van der Waals surface area contributed by atoms with Gasteiger partial charge in [-0.3, -0.25) is 9.89 Å². The molecule has 162 valence electrons. The zero-order valence-electron chi connectivity index (χ0n) is 17.5. The van der Waals surface area contributed by atoms with Crippen LogP contribution in [-0.4, -0.2) is 63.8 Å². The smallest absolute Gasteiger partial charge is 0.169 e. The number of fused-ring (bicyclic) bond motifs is 1. The minimum absolute atomic E-state index is 0.324. The van der Waals surface area contributed by atoms with E-state index >= 15 is 0 Å². The van der Waals surface area contributed by atoms with Gasteiger partial charge in [-0.25, -0.2) is 15.0 Å². The molecule has 4 rings (SSSR count). The van der Waals surface area contributed by atoms with Gasteiger partial charge in [0.05, 0.1) is 37.0 Å². The molecular formula is C21H27N9O. The molecular weight excluding hydrogens is 394 g/mol. The molecule has 3 aromatic rings. The van der Waals surface area contributed by atoms with E-state index in [4.69, 9.17) is 16.2 Å². The summed E-state index contributed by atoms with van der Waals surface area (Å²) in [5, 5.41) is 3.28. The molecule has 31 heavy (non-hydrogen) atoms. The van der Waals surface area contributed by atoms with E-state index in [0.717, 1.165) is 49.8 Å². The molecule has 0 atom stereocenters. The van der Waals surface area contributed by atoms with Gasteiger partial charge >= 0.3 is 0 Å². The molecule has 4 heterocycles. The van der Waals surface area contributed by atoms with Gasteiger partial charge in [-0.05, 0) is 11.6 Å². The Morgan fingerprint density at radius 3 is 2.87 bits per heavy atom. The first-order valence-electron chi connectivity index (χ1n) is 10.1. The number of aliphatic imine (C=N–C) groups is 1. The lowest BCUT2D eigenvalue weighted by molar-refractivity contribution is 0.0335. The van der Waals surface area contributed by atoms with Crippen LogP contribution in [0.3, 0.4) is 0 Å². The lowest BCUT2D eigenvalue weighted by Gasteiger charge is -2.26. The first kappa shape index (κ1) is 20.8. The lowest BCUT2D eigenvalue weighted by atomic mass is 10.2. The molecule has 0 bridgehead atoms. The maximum Gasteiger partial charge on any atom is 0.169 e. The highest BCUT2D eigenvalue weighted by molar-refractivity contribution is 6.08. The van der Waals surface area contributed by atoms with Crippen molar-refractivity contribution in [1.82, 2.24) is 24.3 Å². The predicted octanol–water partition coefficient (Wildman–Crippen LogP) is 1.15. The number of morpholine rings is 1. The molecule has 10 heteroatoms. The second-order valence-corrected chi connectivity index (χ2v) is 7.26. The molecule has 0 amide bonds. The van der Waals surface area contributed by atoms with Crippen molar-refractivity contribution in [3.63, 3.8) is 0 Å². The van der Waals surface area contributed by atoms with E-state index in [1.54, 1.807) is 19.5 Å². The molecule has 0 aliphatic carbocycles. The summed E-state index contributed by atoms with van der Waals surface area (Å²) in [6, 6.07) is 4.05. The number of ether oxygens (including phenoxy) is 1. The topological polar surface area (TPSA) is 132 Å². The number of nitrogens with one attached hydrogen (secondary N) is 1. The van der Waals surface area contributed by atoms with Crippen LogP contribution in [0.5, 0.6) is 0 Å². The molecule has 1 saturated heterocycles. The molecule has 0 saturated carbocycles. The molecule has 0 radical (unpaired) electrons. The van der Waals surface area contributed by atoms with E-state index in [-0.39, 0.29) is 0 Å². The molecule has 1 aliphatic heterocycles. The van der Waals surface area contributed by atoms with E-state index < -0.39 is 0 Å². The van der Waals surface area contributed by atoms with Gasteiger partial charge in [0.25, 0.3) is 0 Å². The van der Waals surface area contributed by atoms with Crippen molar-refractivity contribution in [3.8, 4) is 0 Å². The summed E-state index contributed by atoms with van der Waals surface area (Å²) in [5.41, 5.74) is 16.1. The first-order chi connectivity index (χ1) is 15.2. The van der Waals surface area contributed by atoms with Crippen LogP contribution in [0.1, 0.15) is 17.0 Å². The number of hydrogen-bond acceptors (Lipinski definition) is 9. The maximum absolute atomic E-state index is 6.02. The largest absolute Gasteiger partial charge is 0.404 e. The Bertz CT molecular complexity index is 1100. The molecule has 0 spiro atoms. The van der Waals surface area contributed by atoms with E-state index in [2.05, 4.69) is 40.8 Å². The Balaban J connectivity index is 1.51. The van der Waals surface area contributed by atoms with Crippen molar-refractivity contribution < 1.29 is 4.74 Å². The molecule has 0 unspecified atom stereocenters.